The molecule has 3 nitrogen and oxygen atoms in total. The predicted octanol–water partition coefficient (Wildman–Crippen LogP) is 2.40. The van der Waals surface area contributed by atoms with E-state index < -0.39 is 0 Å². The topological polar surface area (TPSA) is 24.5 Å². The van der Waals surface area contributed by atoms with E-state index in [0.29, 0.717) is 6.04 Å². The molecule has 2 aliphatic rings. The van der Waals surface area contributed by atoms with Crippen molar-refractivity contribution in [3.8, 4) is 0 Å². The molecule has 0 amide bonds. The lowest BCUT2D eigenvalue weighted by Crippen LogP contribution is -2.61. The average Bonchev–Trinajstić information content (AvgIpc) is 2.54. The third-order valence-corrected chi connectivity index (χ3v) is 3.98. The van der Waals surface area contributed by atoms with E-state index in [1.807, 2.05) is 0 Å². The van der Waals surface area contributed by atoms with Crippen LogP contribution in [0, 0.1) is 0 Å². The first kappa shape index (κ1) is 15.2. The molecule has 102 valence electrons. The van der Waals surface area contributed by atoms with Crippen LogP contribution >= 0.6 is 12.4 Å². The normalized spacial score (nSPS) is 37.8. The first-order chi connectivity index (χ1) is 7.47. The Labute approximate surface area is 112 Å². The fourth-order valence-corrected chi connectivity index (χ4v) is 3.25. The van der Waals surface area contributed by atoms with Gasteiger partial charge in [-0.3, -0.25) is 10.2 Å². The molecule has 0 aromatic rings. The minimum Gasteiger partial charge on any atom is -0.357 e. The van der Waals surface area contributed by atoms with Gasteiger partial charge in [-0.2, -0.15) is 0 Å². The van der Waals surface area contributed by atoms with Crippen molar-refractivity contribution in [1.82, 2.24) is 10.2 Å². The Morgan fingerprint density at radius 2 is 2.00 bits per heavy atom. The second-order valence-corrected chi connectivity index (χ2v) is 6.04. The molecule has 0 saturated carbocycles. The number of hydrogen-bond donors (Lipinski definition) is 1. The number of ether oxygens (including phenoxy) is 1. The summed E-state index contributed by atoms with van der Waals surface area (Å²) in [5.74, 6) is 0. The molecule has 0 bridgehead atoms. The molecule has 0 aliphatic carbocycles. The molecule has 0 radical (unpaired) electrons. The quantitative estimate of drug-likeness (QED) is 0.827. The number of nitrogens with zero attached hydrogens (tertiary/aromatic N) is 1. The fourth-order valence-electron chi connectivity index (χ4n) is 3.25. The second kappa shape index (κ2) is 5.43. The van der Waals surface area contributed by atoms with Gasteiger partial charge < -0.3 is 4.74 Å². The number of likely N-dealkylation sites (N-methyl/N-ethyl adjacent to an activating group) is 1. The van der Waals surface area contributed by atoms with Crippen LogP contribution in [-0.2, 0) is 4.74 Å². The summed E-state index contributed by atoms with van der Waals surface area (Å²) in [6, 6.07) is 0.535. The van der Waals surface area contributed by atoms with Crippen molar-refractivity contribution in [1.29, 1.82) is 0 Å². The molecule has 2 rings (SSSR count). The zero-order chi connectivity index (χ0) is 11.8. The molecular formula is C13H27ClN2O. The summed E-state index contributed by atoms with van der Waals surface area (Å²) in [5.41, 5.74) is -0.0362. The Morgan fingerprint density at radius 1 is 1.29 bits per heavy atom. The van der Waals surface area contributed by atoms with Crippen LogP contribution in [0.15, 0.2) is 0 Å². The minimum absolute atomic E-state index is 0. The lowest BCUT2D eigenvalue weighted by molar-refractivity contribution is -0.0768. The van der Waals surface area contributed by atoms with Gasteiger partial charge in [0.15, 0.2) is 0 Å². The Balaban J connectivity index is 0.00000144. The van der Waals surface area contributed by atoms with E-state index >= 15 is 0 Å². The average molecular weight is 263 g/mol. The zero-order valence-electron chi connectivity index (χ0n) is 11.6. The molecule has 2 saturated heterocycles. The van der Waals surface area contributed by atoms with Crippen LogP contribution in [0.3, 0.4) is 0 Å². The summed E-state index contributed by atoms with van der Waals surface area (Å²) in [6.07, 6.45) is 3.93. The maximum absolute atomic E-state index is 6.07. The number of nitrogens with one attached hydrogen (secondary N) is 1. The van der Waals surface area contributed by atoms with Crippen LogP contribution in [0.5, 0.6) is 0 Å². The van der Waals surface area contributed by atoms with E-state index in [1.54, 1.807) is 0 Å². The van der Waals surface area contributed by atoms with E-state index in [2.05, 4.69) is 37.9 Å². The third kappa shape index (κ3) is 3.14. The van der Waals surface area contributed by atoms with Gasteiger partial charge in [0.05, 0.1) is 12.6 Å². The smallest absolute Gasteiger partial charge is 0.132 e. The van der Waals surface area contributed by atoms with Crippen molar-refractivity contribution in [3.63, 3.8) is 0 Å². The van der Waals surface area contributed by atoms with Crippen LogP contribution in [0.25, 0.3) is 0 Å². The summed E-state index contributed by atoms with van der Waals surface area (Å²) in [7, 11) is 0. The van der Waals surface area contributed by atoms with Gasteiger partial charge in [0, 0.05) is 5.54 Å². The fraction of sp³-hybridized carbons (Fsp3) is 1.00. The molecular weight excluding hydrogens is 236 g/mol. The largest absolute Gasteiger partial charge is 0.357 e. The van der Waals surface area contributed by atoms with Gasteiger partial charge in [-0.1, -0.05) is 13.3 Å². The lowest BCUT2D eigenvalue weighted by Gasteiger charge is -2.44. The molecule has 0 spiro atoms. The molecule has 2 unspecified atom stereocenters. The summed E-state index contributed by atoms with van der Waals surface area (Å²) in [5, 5.41) is 3.68. The van der Waals surface area contributed by atoms with Crippen LogP contribution in [-0.4, -0.2) is 41.9 Å². The zero-order valence-corrected chi connectivity index (χ0v) is 12.4. The minimum atomic E-state index is -0.153. The van der Waals surface area contributed by atoms with Gasteiger partial charge in [0.2, 0.25) is 0 Å². The summed E-state index contributed by atoms with van der Waals surface area (Å²) in [6.45, 7) is 12.1. The van der Waals surface area contributed by atoms with E-state index in [9.17, 15) is 0 Å². The Morgan fingerprint density at radius 3 is 2.53 bits per heavy atom. The molecule has 4 heteroatoms. The van der Waals surface area contributed by atoms with Gasteiger partial charge in [0.25, 0.3) is 0 Å². The highest BCUT2D eigenvalue weighted by atomic mass is 35.5. The van der Waals surface area contributed by atoms with Crippen molar-refractivity contribution in [2.75, 3.05) is 19.7 Å². The van der Waals surface area contributed by atoms with E-state index in [-0.39, 0.29) is 23.7 Å². The maximum Gasteiger partial charge on any atom is 0.132 e. The molecule has 2 fully saturated rings. The highest BCUT2D eigenvalue weighted by Crippen LogP contribution is 2.33. The number of rotatable bonds is 2. The maximum atomic E-state index is 6.07. The van der Waals surface area contributed by atoms with Crippen LogP contribution < -0.4 is 5.32 Å². The van der Waals surface area contributed by atoms with Crippen molar-refractivity contribution in [3.05, 3.63) is 0 Å². The summed E-state index contributed by atoms with van der Waals surface area (Å²) >= 11 is 0. The monoisotopic (exact) mass is 262 g/mol. The number of likely N-dealkylation sites (tertiary alicyclic amines) is 1. The van der Waals surface area contributed by atoms with Gasteiger partial charge in [-0.25, -0.2) is 0 Å². The summed E-state index contributed by atoms with van der Waals surface area (Å²) < 4.78 is 6.07. The second-order valence-electron chi connectivity index (χ2n) is 6.04. The highest BCUT2D eigenvalue weighted by Gasteiger charge is 2.47. The van der Waals surface area contributed by atoms with Gasteiger partial charge in [0.1, 0.15) is 5.72 Å². The first-order valence-electron chi connectivity index (χ1n) is 6.64. The number of hydrogen-bond acceptors (Lipinski definition) is 3. The van der Waals surface area contributed by atoms with Crippen LogP contribution in [0.4, 0.5) is 0 Å². The standard InChI is InChI=1S/C13H26N2O.ClH/c1-5-15-9-7-6-8-11(15)13(4)14-12(2,3)10-16-13;/h11,14H,5-10H2,1-4H3;1H. The number of piperidine rings is 1. The van der Waals surface area contributed by atoms with Gasteiger partial charge in [-0.05, 0) is 46.7 Å². The summed E-state index contributed by atoms with van der Waals surface area (Å²) in [4.78, 5) is 2.57. The van der Waals surface area contributed by atoms with Crippen molar-refractivity contribution >= 4 is 12.4 Å². The molecule has 0 aromatic carbocycles. The molecule has 2 aliphatic heterocycles. The molecule has 2 heterocycles. The third-order valence-electron chi connectivity index (χ3n) is 3.98. The number of halogens is 1. The Kier molecular flexibility index (Phi) is 4.87. The molecule has 0 aromatic heterocycles. The van der Waals surface area contributed by atoms with Crippen molar-refractivity contribution < 1.29 is 4.74 Å². The van der Waals surface area contributed by atoms with E-state index in [4.69, 9.17) is 4.74 Å². The van der Waals surface area contributed by atoms with Gasteiger partial charge in [-0.15, -0.1) is 12.4 Å². The van der Waals surface area contributed by atoms with Crippen molar-refractivity contribution in [2.45, 2.75) is 64.3 Å². The first-order valence-corrected chi connectivity index (χ1v) is 6.64. The highest BCUT2D eigenvalue weighted by molar-refractivity contribution is 5.85. The lowest BCUT2D eigenvalue weighted by atomic mass is 9.93. The molecule has 17 heavy (non-hydrogen) atoms. The molecule has 1 N–H and O–H groups in total. The van der Waals surface area contributed by atoms with Gasteiger partial charge >= 0.3 is 0 Å². The predicted molar refractivity (Wildman–Crippen MR) is 73.7 cm³/mol. The molecule has 2 atom stereocenters. The Bertz CT molecular complexity index is 260. The van der Waals surface area contributed by atoms with E-state index in [0.717, 1.165) is 13.2 Å². The Hall–Kier alpha value is 0.170. The van der Waals surface area contributed by atoms with Crippen LogP contribution in [0.2, 0.25) is 0 Å². The van der Waals surface area contributed by atoms with E-state index in [1.165, 1.54) is 25.8 Å². The van der Waals surface area contributed by atoms with Crippen molar-refractivity contribution in [2.24, 2.45) is 0 Å². The van der Waals surface area contributed by atoms with Crippen LogP contribution in [0.1, 0.15) is 47.0 Å². The SMILES string of the molecule is CCN1CCCCC1C1(C)NC(C)(C)CO1.Cl.